The van der Waals surface area contributed by atoms with E-state index in [9.17, 15) is 4.39 Å². The van der Waals surface area contributed by atoms with Crippen LogP contribution in [0.1, 0.15) is 36.2 Å². The molecule has 0 saturated carbocycles. The quantitative estimate of drug-likeness (QED) is 0.292. The second-order valence-corrected chi connectivity index (χ2v) is 8.53. The number of thiazole rings is 1. The Hall–Kier alpha value is -1.46. The summed E-state index contributed by atoms with van der Waals surface area (Å²) in [7, 11) is 0. The fourth-order valence-electron chi connectivity index (χ4n) is 3.47. The number of nitrogens with zero attached hydrogens (tertiary/aromatic N) is 4. The molecule has 0 aliphatic carbocycles. The number of benzene rings is 1. The van der Waals surface area contributed by atoms with E-state index in [1.54, 1.807) is 17.4 Å². The van der Waals surface area contributed by atoms with Gasteiger partial charge in [0.2, 0.25) is 0 Å². The Morgan fingerprint density at radius 1 is 1.16 bits per heavy atom. The van der Waals surface area contributed by atoms with Crippen LogP contribution in [0.4, 0.5) is 10.1 Å². The van der Waals surface area contributed by atoms with Gasteiger partial charge < -0.3 is 20.4 Å². The molecular formula is C22H34FIN6S. The summed E-state index contributed by atoms with van der Waals surface area (Å²) in [5.74, 6) is 0.548. The molecule has 0 unspecified atom stereocenters. The first-order valence-corrected chi connectivity index (χ1v) is 11.7. The van der Waals surface area contributed by atoms with Crippen LogP contribution >= 0.6 is 35.3 Å². The normalized spacial score (nSPS) is 15.0. The second kappa shape index (κ2) is 13.2. The van der Waals surface area contributed by atoms with Crippen LogP contribution in [-0.2, 0) is 19.5 Å². The van der Waals surface area contributed by atoms with Crippen molar-refractivity contribution in [3.63, 3.8) is 0 Å². The number of hydrogen-bond acceptors (Lipinski definition) is 5. The molecule has 3 rings (SSSR count). The molecule has 1 aliphatic rings. The van der Waals surface area contributed by atoms with Crippen LogP contribution in [0.15, 0.2) is 29.4 Å². The Balaban J connectivity index is 0.00000341. The molecule has 0 amide bonds. The van der Waals surface area contributed by atoms with Gasteiger partial charge in [-0.05, 0) is 37.6 Å². The fourth-order valence-corrected chi connectivity index (χ4v) is 4.28. The molecule has 1 aliphatic heterocycles. The van der Waals surface area contributed by atoms with Gasteiger partial charge in [0.1, 0.15) is 10.8 Å². The number of hydrogen-bond donors (Lipinski definition) is 2. The van der Waals surface area contributed by atoms with E-state index in [0.29, 0.717) is 24.7 Å². The van der Waals surface area contributed by atoms with Gasteiger partial charge in [0.05, 0.1) is 18.8 Å². The standard InChI is InChI=1S/C22H33FN6S.HI/c1-4-18-15-25-21(30-18)16-27-22(24-5-2)26-14-17-7-8-20(19(23)13-17)29-11-9-28(6-3)10-12-29;/h7-8,13,15H,4-6,9-12,14,16H2,1-3H3,(H2,24,26,27);1H. The average molecular weight is 561 g/mol. The van der Waals surface area contributed by atoms with Crippen molar-refractivity contribution in [2.75, 3.05) is 44.2 Å². The van der Waals surface area contributed by atoms with Crippen molar-refractivity contribution in [2.45, 2.75) is 40.3 Å². The van der Waals surface area contributed by atoms with Crippen molar-refractivity contribution in [3.8, 4) is 0 Å². The van der Waals surface area contributed by atoms with E-state index in [-0.39, 0.29) is 29.8 Å². The van der Waals surface area contributed by atoms with Gasteiger partial charge in [-0.1, -0.05) is 19.9 Å². The molecular weight excluding hydrogens is 526 g/mol. The van der Waals surface area contributed by atoms with E-state index in [0.717, 1.165) is 56.3 Å². The maximum Gasteiger partial charge on any atom is 0.191 e. The zero-order valence-electron chi connectivity index (χ0n) is 18.7. The van der Waals surface area contributed by atoms with Gasteiger partial charge in [-0.15, -0.1) is 35.3 Å². The number of aliphatic imine (C=N–C) groups is 1. The van der Waals surface area contributed by atoms with Crippen LogP contribution in [0.5, 0.6) is 0 Å². The van der Waals surface area contributed by atoms with Crippen LogP contribution in [0.2, 0.25) is 0 Å². The Kier molecular flexibility index (Phi) is 11.0. The van der Waals surface area contributed by atoms with Crippen molar-refractivity contribution >= 4 is 47.0 Å². The molecule has 2 N–H and O–H groups in total. The third-order valence-electron chi connectivity index (χ3n) is 5.29. The van der Waals surface area contributed by atoms with Gasteiger partial charge in [-0.2, -0.15) is 0 Å². The molecule has 0 bridgehead atoms. The van der Waals surface area contributed by atoms with E-state index in [2.05, 4.69) is 44.3 Å². The lowest BCUT2D eigenvalue weighted by molar-refractivity contribution is 0.270. The molecule has 31 heavy (non-hydrogen) atoms. The molecule has 0 atom stereocenters. The number of aryl methyl sites for hydroxylation is 1. The lowest BCUT2D eigenvalue weighted by Crippen LogP contribution is -2.46. The van der Waals surface area contributed by atoms with E-state index >= 15 is 0 Å². The van der Waals surface area contributed by atoms with Crippen molar-refractivity contribution in [1.82, 2.24) is 20.5 Å². The van der Waals surface area contributed by atoms with Crippen molar-refractivity contribution < 1.29 is 4.39 Å². The predicted molar refractivity (Wildman–Crippen MR) is 139 cm³/mol. The van der Waals surface area contributed by atoms with E-state index in [4.69, 9.17) is 0 Å². The molecule has 9 heteroatoms. The number of aromatic nitrogens is 1. The van der Waals surface area contributed by atoms with Crippen LogP contribution < -0.4 is 15.5 Å². The first-order valence-electron chi connectivity index (χ1n) is 10.8. The molecule has 6 nitrogen and oxygen atoms in total. The van der Waals surface area contributed by atoms with Crippen LogP contribution in [-0.4, -0.2) is 55.1 Å². The summed E-state index contributed by atoms with van der Waals surface area (Å²) in [6, 6.07) is 5.49. The number of anilines is 1. The minimum Gasteiger partial charge on any atom is -0.367 e. The molecule has 0 spiro atoms. The van der Waals surface area contributed by atoms with Crippen LogP contribution in [0.25, 0.3) is 0 Å². The zero-order chi connectivity index (χ0) is 21.3. The number of likely N-dealkylation sites (N-methyl/N-ethyl adjacent to an activating group) is 1. The van der Waals surface area contributed by atoms with Crippen molar-refractivity contribution in [2.24, 2.45) is 4.99 Å². The van der Waals surface area contributed by atoms with Crippen molar-refractivity contribution in [3.05, 3.63) is 45.7 Å². The summed E-state index contributed by atoms with van der Waals surface area (Å²) in [5.41, 5.74) is 1.56. The van der Waals surface area contributed by atoms with E-state index in [1.165, 1.54) is 4.88 Å². The molecule has 1 aromatic heterocycles. The highest BCUT2D eigenvalue weighted by Crippen LogP contribution is 2.22. The SMILES string of the molecule is CCNC(=NCc1ccc(N2CCN(CC)CC2)c(F)c1)NCc1ncc(CC)s1.I. The lowest BCUT2D eigenvalue weighted by Gasteiger charge is -2.35. The topological polar surface area (TPSA) is 55.8 Å². The highest BCUT2D eigenvalue weighted by molar-refractivity contribution is 14.0. The number of guanidine groups is 1. The van der Waals surface area contributed by atoms with E-state index < -0.39 is 0 Å². The zero-order valence-corrected chi connectivity index (χ0v) is 21.8. The van der Waals surface area contributed by atoms with Gasteiger partial charge in [0.15, 0.2) is 5.96 Å². The van der Waals surface area contributed by atoms with Gasteiger partial charge in [-0.25, -0.2) is 14.4 Å². The molecule has 1 aromatic carbocycles. The van der Waals surface area contributed by atoms with Gasteiger partial charge in [0.25, 0.3) is 0 Å². The van der Waals surface area contributed by atoms with Gasteiger partial charge in [-0.3, -0.25) is 0 Å². The smallest absolute Gasteiger partial charge is 0.191 e. The number of piperazine rings is 1. The molecule has 1 saturated heterocycles. The van der Waals surface area contributed by atoms with Gasteiger partial charge in [0, 0.05) is 43.8 Å². The van der Waals surface area contributed by atoms with E-state index in [1.807, 2.05) is 25.3 Å². The number of rotatable bonds is 8. The monoisotopic (exact) mass is 560 g/mol. The first-order chi connectivity index (χ1) is 14.6. The van der Waals surface area contributed by atoms with Crippen molar-refractivity contribution in [1.29, 1.82) is 0 Å². The number of halogens is 2. The minimum absolute atomic E-state index is 0. The number of nitrogens with one attached hydrogen (secondary N) is 2. The molecule has 1 fully saturated rings. The van der Waals surface area contributed by atoms with Crippen LogP contribution in [0, 0.1) is 5.82 Å². The highest BCUT2D eigenvalue weighted by atomic mass is 127. The molecule has 172 valence electrons. The highest BCUT2D eigenvalue weighted by Gasteiger charge is 2.18. The maximum atomic E-state index is 14.7. The summed E-state index contributed by atoms with van der Waals surface area (Å²) in [6.45, 7) is 12.9. The Morgan fingerprint density at radius 2 is 1.94 bits per heavy atom. The fraction of sp³-hybridized carbons (Fsp3) is 0.545. The summed E-state index contributed by atoms with van der Waals surface area (Å²) in [5, 5.41) is 7.59. The predicted octanol–water partition coefficient (Wildman–Crippen LogP) is 3.86. The minimum atomic E-state index is -0.166. The molecule has 2 heterocycles. The second-order valence-electron chi connectivity index (χ2n) is 7.33. The molecule has 2 aromatic rings. The summed E-state index contributed by atoms with van der Waals surface area (Å²) < 4.78 is 14.7. The average Bonchev–Trinajstić information content (AvgIpc) is 3.24. The Labute approximate surface area is 206 Å². The van der Waals surface area contributed by atoms with Crippen LogP contribution in [0.3, 0.4) is 0 Å². The molecule has 0 radical (unpaired) electrons. The lowest BCUT2D eigenvalue weighted by atomic mass is 10.1. The third kappa shape index (κ3) is 7.57. The Morgan fingerprint density at radius 3 is 2.55 bits per heavy atom. The Bertz CT molecular complexity index is 835. The summed E-state index contributed by atoms with van der Waals surface area (Å²) in [6.07, 6.45) is 2.93. The third-order valence-corrected chi connectivity index (χ3v) is 6.43. The van der Waals surface area contributed by atoms with Gasteiger partial charge >= 0.3 is 0 Å². The first kappa shape index (κ1) is 25.8. The largest absolute Gasteiger partial charge is 0.367 e. The summed E-state index contributed by atoms with van der Waals surface area (Å²) in [4.78, 5) is 14.8. The summed E-state index contributed by atoms with van der Waals surface area (Å²) >= 11 is 1.71. The maximum absolute atomic E-state index is 14.7.